The summed E-state index contributed by atoms with van der Waals surface area (Å²) in [5, 5.41) is 3.22. The largest absolute Gasteiger partial charge is 0.592 e. The number of piperidine rings is 1. The summed E-state index contributed by atoms with van der Waals surface area (Å²) in [4.78, 5) is 0. The maximum Gasteiger partial charge on any atom is 0.592 e. The number of alkyl halides is 3. The first-order valence-corrected chi connectivity index (χ1v) is 11.8. The van der Waals surface area contributed by atoms with Crippen LogP contribution in [0.5, 0.6) is 5.75 Å². The van der Waals surface area contributed by atoms with E-state index in [2.05, 4.69) is 16.1 Å². The highest BCUT2D eigenvalue weighted by molar-refractivity contribution is 7.90. The maximum absolute atomic E-state index is 12.6. The van der Waals surface area contributed by atoms with Gasteiger partial charge in [0.2, 0.25) is 0 Å². The first kappa shape index (κ1) is 23.7. The zero-order valence-corrected chi connectivity index (χ0v) is 18.1. The highest BCUT2D eigenvalue weighted by Gasteiger charge is 2.47. The lowest BCUT2D eigenvalue weighted by Crippen LogP contribution is -2.57. The summed E-state index contributed by atoms with van der Waals surface area (Å²) in [6.45, 7) is 3.66. The predicted molar refractivity (Wildman–Crippen MR) is 111 cm³/mol. The van der Waals surface area contributed by atoms with Crippen molar-refractivity contribution in [2.45, 2.75) is 75.1 Å². The number of hydrogen-bond acceptors (Lipinski definition) is 5. The predicted octanol–water partition coefficient (Wildman–Crippen LogP) is 4.02. The maximum atomic E-state index is 12.6. The van der Waals surface area contributed by atoms with Crippen LogP contribution < -0.4 is 14.8 Å². The molecule has 5 nitrogen and oxygen atoms in total. The fourth-order valence-corrected chi connectivity index (χ4v) is 5.05. The normalized spacial score (nSPS) is 28.8. The minimum Gasteiger partial charge on any atom is -0.591 e. The highest BCUT2D eigenvalue weighted by Crippen LogP contribution is 2.38. The molecule has 3 rings (SSSR count). The monoisotopic (exact) mass is 448 g/mol. The zero-order chi connectivity index (χ0) is 21.6. The Labute approximate surface area is 179 Å². The van der Waals surface area contributed by atoms with Crippen LogP contribution in [-0.4, -0.2) is 48.0 Å². The smallest absolute Gasteiger partial charge is 0.591 e. The molecule has 170 valence electrons. The minimum absolute atomic E-state index is 0.0954. The number of halogens is 3. The number of nitrogens with one attached hydrogen (secondary N) is 2. The van der Waals surface area contributed by atoms with Gasteiger partial charge in [-0.2, -0.15) is 0 Å². The average molecular weight is 449 g/mol. The van der Waals surface area contributed by atoms with E-state index in [4.69, 9.17) is 9.47 Å². The van der Waals surface area contributed by atoms with Crippen molar-refractivity contribution in [2.24, 2.45) is 0 Å². The van der Waals surface area contributed by atoms with Gasteiger partial charge in [0.15, 0.2) is 11.4 Å². The van der Waals surface area contributed by atoms with Gasteiger partial charge < -0.3 is 19.3 Å². The van der Waals surface area contributed by atoms with E-state index in [1.165, 1.54) is 5.56 Å². The van der Waals surface area contributed by atoms with Gasteiger partial charge in [-0.3, -0.25) is 0 Å². The molecule has 2 fully saturated rings. The molecule has 1 heterocycles. The van der Waals surface area contributed by atoms with E-state index in [0.29, 0.717) is 25.6 Å². The van der Waals surface area contributed by atoms with Crippen LogP contribution in [-0.2, 0) is 16.1 Å². The van der Waals surface area contributed by atoms with Crippen LogP contribution in [0.15, 0.2) is 24.3 Å². The summed E-state index contributed by atoms with van der Waals surface area (Å²) in [5.41, 5.74) is -3.51. The quantitative estimate of drug-likeness (QED) is 0.588. The van der Waals surface area contributed by atoms with E-state index in [1.807, 2.05) is 25.1 Å². The summed E-state index contributed by atoms with van der Waals surface area (Å²) in [7, 11) is 0. The molecule has 1 aliphatic carbocycles. The molecule has 1 aromatic carbocycles. The van der Waals surface area contributed by atoms with Gasteiger partial charge >= 0.3 is 5.51 Å². The van der Waals surface area contributed by atoms with Gasteiger partial charge in [0, 0.05) is 0 Å². The first-order valence-electron chi connectivity index (χ1n) is 10.7. The second-order valence-corrected chi connectivity index (χ2v) is 9.16. The fourth-order valence-electron chi connectivity index (χ4n) is 4.36. The Hall–Kier alpha value is -1.00. The average Bonchev–Trinajstić information content (AvgIpc) is 2.73. The van der Waals surface area contributed by atoms with Crippen molar-refractivity contribution >= 4 is 11.4 Å². The van der Waals surface area contributed by atoms with Crippen molar-refractivity contribution in [3.63, 3.8) is 0 Å². The number of hydrogen-bond donors (Lipinski definition) is 2. The van der Waals surface area contributed by atoms with Crippen LogP contribution in [0.4, 0.5) is 13.2 Å². The van der Waals surface area contributed by atoms with E-state index in [-0.39, 0.29) is 12.1 Å². The zero-order valence-electron chi connectivity index (χ0n) is 17.2. The molecule has 1 saturated heterocycles. The Balaban J connectivity index is 1.48. The number of para-hydroxylation sites is 1. The molecule has 0 aromatic heterocycles. The molecule has 30 heavy (non-hydrogen) atoms. The summed E-state index contributed by atoms with van der Waals surface area (Å²) >= 11 is -3.05. The van der Waals surface area contributed by atoms with Gasteiger partial charge in [-0.15, -0.1) is 17.9 Å². The van der Waals surface area contributed by atoms with Crippen molar-refractivity contribution in [3.8, 4) is 5.75 Å². The van der Waals surface area contributed by atoms with Crippen LogP contribution in [0.1, 0.15) is 56.9 Å². The molecule has 3 unspecified atom stereocenters. The standard InChI is InChI=1S/C21H31F3N2O3S/c1-2-28-20-8-4-3-6-17(20)15-9-11-16(12-10-15)29-14-19-18(7-5-13-25-19)26-30(27)21(22,23)24/h3-4,6,8,15-16,18-19,25-26H,2,5,7,9-14H2,1H3/t15-,16+,18?,19?,30?. The third-order valence-electron chi connectivity index (χ3n) is 5.90. The highest BCUT2D eigenvalue weighted by atomic mass is 32.2. The fraction of sp³-hybridized carbons (Fsp3) is 0.714. The third-order valence-corrected chi connectivity index (χ3v) is 6.83. The molecule has 1 aromatic rings. The summed E-state index contributed by atoms with van der Waals surface area (Å²) in [6.07, 6.45) is 5.18. The Bertz CT molecular complexity index is 657. The molecule has 0 radical (unpaired) electrons. The van der Waals surface area contributed by atoms with E-state index in [0.717, 1.165) is 44.4 Å². The van der Waals surface area contributed by atoms with Gasteiger partial charge in [-0.05, 0) is 69.5 Å². The van der Waals surface area contributed by atoms with Gasteiger partial charge in [0.1, 0.15) is 5.75 Å². The molecule has 0 spiro atoms. The van der Waals surface area contributed by atoms with Crippen molar-refractivity contribution in [1.29, 1.82) is 0 Å². The van der Waals surface area contributed by atoms with Crippen molar-refractivity contribution in [1.82, 2.24) is 10.0 Å². The molecule has 3 atom stereocenters. The third kappa shape index (κ3) is 6.50. The Kier molecular flexibility index (Phi) is 8.71. The Morgan fingerprint density at radius 3 is 2.60 bits per heavy atom. The lowest BCUT2D eigenvalue weighted by molar-refractivity contribution is -0.0457. The van der Waals surface area contributed by atoms with Crippen molar-refractivity contribution in [2.75, 3.05) is 19.8 Å². The Morgan fingerprint density at radius 2 is 1.90 bits per heavy atom. The number of benzene rings is 1. The number of rotatable bonds is 8. The number of ether oxygens (including phenoxy) is 2. The molecule has 1 saturated carbocycles. The molecular weight excluding hydrogens is 417 g/mol. The summed E-state index contributed by atoms with van der Waals surface area (Å²) in [5.74, 6) is 1.38. The molecule has 9 heteroatoms. The molecule has 1 aliphatic heterocycles. The molecular formula is C21H31F3N2O3S. The van der Waals surface area contributed by atoms with Gasteiger partial charge in [-0.25, -0.2) is 0 Å². The van der Waals surface area contributed by atoms with E-state index < -0.39 is 22.9 Å². The first-order chi connectivity index (χ1) is 14.4. The lowest BCUT2D eigenvalue weighted by atomic mass is 9.82. The molecule has 0 amide bonds. The second kappa shape index (κ2) is 11.0. The molecule has 0 bridgehead atoms. The Morgan fingerprint density at radius 1 is 1.17 bits per heavy atom. The second-order valence-electron chi connectivity index (χ2n) is 7.92. The van der Waals surface area contributed by atoms with Crippen LogP contribution in [0.3, 0.4) is 0 Å². The lowest BCUT2D eigenvalue weighted by Gasteiger charge is -2.35. The van der Waals surface area contributed by atoms with Crippen molar-refractivity contribution in [3.05, 3.63) is 29.8 Å². The van der Waals surface area contributed by atoms with Gasteiger partial charge in [0.05, 0.1) is 31.4 Å². The molecule has 2 N–H and O–H groups in total. The van der Waals surface area contributed by atoms with Crippen molar-refractivity contribution < 1.29 is 27.2 Å². The van der Waals surface area contributed by atoms with E-state index in [9.17, 15) is 17.7 Å². The van der Waals surface area contributed by atoms with E-state index >= 15 is 0 Å². The summed E-state index contributed by atoms with van der Waals surface area (Å²) in [6, 6.07) is 7.36. The van der Waals surface area contributed by atoms with Crippen LogP contribution in [0.2, 0.25) is 0 Å². The van der Waals surface area contributed by atoms with Crippen LogP contribution in [0, 0.1) is 0 Å². The summed E-state index contributed by atoms with van der Waals surface area (Å²) < 4.78 is 63.4. The topological polar surface area (TPSA) is 65.6 Å². The molecule has 2 aliphatic rings. The van der Waals surface area contributed by atoms with Gasteiger partial charge in [0.25, 0.3) is 0 Å². The van der Waals surface area contributed by atoms with Crippen LogP contribution >= 0.6 is 0 Å². The van der Waals surface area contributed by atoms with E-state index in [1.54, 1.807) is 0 Å². The van der Waals surface area contributed by atoms with Gasteiger partial charge in [-0.1, -0.05) is 18.2 Å². The minimum atomic E-state index is -4.75. The van der Waals surface area contributed by atoms with Crippen LogP contribution in [0.25, 0.3) is 0 Å². The SMILES string of the molecule is CCOc1ccccc1[C@H]1CC[C@@H](OCC2NCCCC2N[S+]([O-])C(F)(F)F)CC1.